The molecule has 0 aliphatic heterocycles. The molecule has 0 unspecified atom stereocenters. The number of halogens is 1. The first-order valence-corrected chi connectivity index (χ1v) is 6.10. The second kappa shape index (κ2) is 5.40. The van der Waals surface area contributed by atoms with E-state index in [4.69, 9.17) is 0 Å². The van der Waals surface area contributed by atoms with Gasteiger partial charge >= 0.3 is 0 Å². The Morgan fingerprint density at radius 2 is 2.23 bits per heavy atom. The molecule has 0 bridgehead atoms. The summed E-state index contributed by atoms with van der Waals surface area (Å²) in [5.74, 6) is 0.0337. The fourth-order valence-corrected chi connectivity index (χ4v) is 2.04. The number of carbonyl (C=O) groups excluding carboxylic acids is 1. The molecule has 72 valence electrons. The van der Waals surface area contributed by atoms with E-state index in [1.807, 2.05) is 0 Å². The van der Waals surface area contributed by atoms with Crippen LogP contribution in [0.5, 0.6) is 0 Å². The highest BCUT2D eigenvalue weighted by atomic mass is 79.9. The van der Waals surface area contributed by atoms with E-state index < -0.39 is 0 Å². The number of aryl methyl sites for hydroxylation is 1. The fraction of sp³-hybridized carbons (Fsp3) is 0.444. The molecule has 0 spiro atoms. The first-order valence-electron chi connectivity index (χ1n) is 4.16. The highest BCUT2D eigenvalue weighted by molar-refractivity contribution is 9.09. The molecule has 1 amide bonds. The molecule has 1 N–H and O–H groups in total. The lowest BCUT2D eigenvalue weighted by Gasteiger charge is -1.98. The van der Waals surface area contributed by atoms with Gasteiger partial charge in [-0.15, -0.1) is 11.3 Å². The lowest BCUT2D eigenvalue weighted by molar-refractivity contribution is -0.118. The normalized spacial score (nSPS) is 10.0. The van der Waals surface area contributed by atoms with Crippen LogP contribution in [-0.4, -0.2) is 11.2 Å². The van der Waals surface area contributed by atoms with Gasteiger partial charge in [-0.1, -0.05) is 22.9 Å². The molecule has 0 saturated heterocycles. The summed E-state index contributed by atoms with van der Waals surface area (Å²) in [5.41, 5.74) is 0. The van der Waals surface area contributed by atoms with Gasteiger partial charge in [0, 0.05) is 9.75 Å². The van der Waals surface area contributed by atoms with Crippen LogP contribution < -0.4 is 5.32 Å². The van der Waals surface area contributed by atoms with Crippen LogP contribution in [0.1, 0.15) is 16.7 Å². The Labute approximate surface area is 90.5 Å². The Morgan fingerprint density at radius 3 is 2.77 bits per heavy atom. The molecule has 13 heavy (non-hydrogen) atoms. The van der Waals surface area contributed by atoms with Crippen molar-refractivity contribution in [1.29, 1.82) is 0 Å². The van der Waals surface area contributed by atoms with Crippen molar-refractivity contribution in [2.45, 2.75) is 19.9 Å². The third kappa shape index (κ3) is 3.48. The molecular weight excluding hydrogens is 250 g/mol. The van der Waals surface area contributed by atoms with Gasteiger partial charge in [0.2, 0.25) is 5.91 Å². The number of hydrogen-bond acceptors (Lipinski definition) is 2. The third-order valence-corrected chi connectivity index (χ3v) is 3.39. The molecule has 0 fully saturated rings. The minimum Gasteiger partial charge on any atom is -0.350 e. The molecule has 0 radical (unpaired) electrons. The van der Waals surface area contributed by atoms with Crippen molar-refractivity contribution >= 4 is 33.2 Å². The SMILES string of the molecule is CCc1ccc(CNC(=O)CBr)s1. The summed E-state index contributed by atoms with van der Waals surface area (Å²) in [5, 5.41) is 3.18. The van der Waals surface area contributed by atoms with Gasteiger partial charge in [0.05, 0.1) is 11.9 Å². The summed E-state index contributed by atoms with van der Waals surface area (Å²) in [6.45, 7) is 2.78. The van der Waals surface area contributed by atoms with Crippen molar-refractivity contribution in [3.05, 3.63) is 21.9 Å². The quantitative estimate of drug-likeness (QED) is 0.829. The zero-order chi connectivity index (χ0) is 9.68. The van der Waals surface area contributed by atoms with Crippen LogP contribution in [0.2, 0.25) is 0 Å². The number of hydrogen-bond donors (Lipinski definition) is 1. The molecule has 0 aliphatic carbocycles. The predicted molar refractivity (Wildman–Crippen MR) is 59.3 cm³/mol. The number of nitrogens with one attached hydrogen (secondary N) is 1. The van der Waals surface area contributed by atoms with E-state index in [9.17, 15) is 4.79 Å². The van der Waals surface area contributed by atoms with Gasteiger partial charge in [-0.25, -0.2) is 0 Å². The zero-order valence-electron chi connectivity index (χ0n) is 7.47. The topological polar surface area (TPSA) is 29.1 Å². The molecule has 1 heterocycles. The van der Waals surface area contributed by atoms with Gasteiger partial charge < -0.3 is 5.32 Å². The van der Waals surface area contributed by atoms with E-state index in [0.29, 0.717) is 11.9 Å². The maximum absolute atomic E-state index is 10.9. The molecule has 0 aliphatic rings. The molecular formula is C9H12BrNOS. The number of carbonyl (C=O) groups is 1. The van der Waals surface area contributed by atoms with Gasteiger partial charge in [-0.05, 0) is 18.6 Å². The second-order valence-corrected chi connectivity index (χ2v) is 4.45. The Morgan fingerprint density at radius 1 is 1.54 bits per heavy atom. The fourth-order valence-electron chi connectivity index (χ4n) is 0.940. The van der Waals surface area contributed by atoms with E-state index in [0.717, 1.165) is 6.42 Å². The summed E-state index contributed by atoms with van der Waals surface area (Å²) in [4.78, 5) is 13.5. The maximum atomic E-state index is 10.9. The number of alkyl halides is 1. The standard InChI is InChI=1S/C9H12BrNOS/c1-2-7-3-4-8(13-7)6-11-9(12)5-10/h3-4H,2,5-6H2,1H3,(H,11,12). The minimum absolute atomic E-state index is 0.0337. The molecule has 2 nitrogen and oxygen atoms in total. The monoisotopic (exact) mass is 261 g/mol. The van der Waals surface area contributed by atoms with Crippen molar-refractivity contribution in [1.82, 2.24) is 5.32 Å². The van der Waals surface area contributed by atoms with E-state index in [-0.39, 0.29) is 5.91 Å². The number of thiophene rings is 1. The van der Waals surface area contributed by atoms with Crippen LogP contribution in [0.25, 0.3) is 0 Å². The lowest BCUT2D eigenvalue weighted by atomic mass is 10.3. The Kier molecular flexibility index (Phi) is 4.45. The average molecular weight is 262 g/mol. The number of amides is 1. The van der Waals surface area contributed by atoms with Crippen LogP contribution in [-0.2, 0) is 17.8 Å². The largest absolute Gasteiger partial charge is 0.350 e. The third-order valence-electron chi connectivity index (χ3n) is 1.65. The molecule has 1 aromatic rings. The first-order chi connectivity index (χ1) is 6.26. The first kappa shape index (κ1) is 10.7. The maximum Gasteiger partial charge on any atom is 0.230 e. The van der Waals surface area contributed by atoms with Crippen molar-refractivity contribution in [2.75, 3.05) is 5.33 Å². The summed E-state index contributed by atoms with van der Waals surface area (Å²) >= 11 is 4.85. The molecule has 0 saturated carbocycles. The van der Waals surface area contributed by atoms with Crippen molar-refractivity contribution in [2.24, 2.45) is 0 Å². The van der Waals surface area contributed by atoms with Crippen LogP contribution >= 0.6 is 27.3 Å². The van der Waals surface area contributed by atoms with Gasteiger partial charge in [-0.3, -0.25) is 4.79 Å². The Bertz CT molecular complexity index is 285. The van der Waals surface area contributed by atoms with Crippen molar-refractivity contribution in [3.8, 4) is 0 Å². The highest BCUT2D eigenvalue weighted by Gasteiger charge is 2.00. The summed E-state index contributed by atoms with van der Waals surface area (Å²) in [6.07, 6.45) is 1.07. The van der Waals surface area contributed by atoms with E-state index >= 15 is 0 Å². The van der Waals surface area contributed by atoms with Crippen LogP contribution in [0.3, 0.4) is 0 Å². The van der Waals surface area contributed by atoms with Gasteiger partial charge in [0.15, 0.2) is 0 Å². The Hall–Kier alpha value is -0.350. The van der Waals surface area contributed by atoms with E-state index in [1.54, 1.807) is 11.3 Å². The predicted octanol–water partition coefficient (Wildman–Crippen LogP) is 2.32. The van der Waals surface area contributed by atoms with Gasteiger partial charge in [0.1, 0.15) is 0 Å². The molecule has 0 atom stereocenters. The van der Waals surface area contributed by atoms with Gasteiger partial charge in [-0.2, -0.15) is 0 Å². The van der Waals surface area contributed by atoms with E-state index in [2.05, 4.69) is 40.3 Å². The highest BCUT2D eigenvalue weighted by Crippen LogP contribution is 2.16. The van der Waals surface area contributed by atoms with E-state index in [1.165, 1.54) is 9.75 Å². The zero-order valence-corrected chi connectivity index (χ0v) is 9.87. The molecule has 0 aromatic carbocycles. The number of rotatable bonds is 4. The summed E-state index contributed by atoms with van der Waals surface area (Å²) in [6, 6.07) is 4.18. The average Bonchev–Trinajstić information content (AvgIpc) is 2.61. The van der Waals surface area contributed by atoms with Crippen LogP contribution in [0.4, 0.5) is 0 Å². The smallest absolute Gasteiger partial charge is 0.230 e. The lowest BCUT2D eigenvalue weighted by Crippen LogP contribution is -2.22. The van der Waals surface area contributed by atoms with Crippen LogP contribution in [0.15, 0.2) is 12.1 Å². The Balaban J connectivity index is 2.41. The minimum atomic E-state index is 0.0337. The molecule has 4 heteroatoms. The van der Waals surface area contributed by atoms with Crippen molar-refractivity contribution in [3.63, 3.8) is 0 Å². The molecule has 1 rings (SSSR count). The van der Waals surface area contributed by atoms with Crippen molar-refractivity contribution < 1.29 is 4.79 Å². The summed E-state index contributed by atoms with van der Waals surface area (Å²) in [7, 11) is 0. The molecule has 1 aromatic heterocycles. The second-order valence-electron chi connectivity index (χ2n) is 2.63. The van der Waals surface area contributed by atoms with Crippen LogP contribution in [0, 0.1) is 0 Å². The summed E-state index contributed by atoms with van der Waals surface area (Å²) < 4.78 is 0. The van der Waals surface area contributed by atoms with Gasteiger partial charge in [0.25, 0.3) is 0 Å².